The molecule has 0 radical (unpaired) electrons. The van der Waals surface area contributed by atoms with Crippen LogP contribution in [0.2, 0.25) is 0 Å². The van der Waals surface area contributed by atoms with Crippen LogP contribution in [0.4, 0.5) is 0 Å². The molecule has 4 nitrogen and oxygen atoms in total. The van der Waals surface area contributed by atoms with E-state index >= 15 is 0 Å². The lowest BCUT2D eigenvalue weighted by Crippen LogP contribution is -2.48. The van der Waals surface area contributed by atoms with Gasteiger partial charge in [-0.25, -0.2) is 13.1 Å². The molecule has 0 aromatic heterocycles. The van der Waals surface area contributed by atoms with Crippen molar-refractivity contribution < 1.29 is 13.2 Å². The zero-order chi connectivity index (χ0) is 13.2. The number of hydrogen-bond acceptors (Lipinski definition) is 3. The molecule has 1 N–H and O–H groups in total. The highest BCUT2D eigenvalue weighted by molar-refractivity contribution is 7.89. The van der Waals surface area contributed by atoms with E-state index in [1.54, 1.807) is 12.1 Å². The second-order valence-corrected chi connectivity index (χ2v) is 6.81. The summed E-state index contributed by atoms with van der Waals surface area (Å²) in [5.74, 6) is 0.567. The summed E-state index contributed by atoms with van der Waals surface area (Å²) in [5, 5.41) is 0. The van der Waals surface area contributed by atoms with Crippen LogP contribution in [-0.4, -0.2) is 27.7 Å². The van der Waals surface area contributed by atoms with Gasteiger partial charge in [-0.05, 0) is 30.0 Å². The molecule has 1 fully saturated rings. The predicted octanol–water partition coefficient (Wildman–Crippen LogP) is 1.56. The lowest BCUT2D eigenvalue weighted by molar-refractivity contribution is 0.00482. The molecule has 0 unspecified atom stereocenters. The molecule has 0 aliphatic carbocycles. The number of ether oxygens (including phenoxy) is 1. The van der Waals surface area contributed by atoms with Gasteiger partial charge in [0.25, 0.3) is 0 Å². The molecule has 0 bridgehead atoms. The van der Waals surface area contributed by atoms with Crippen LogP contribution >= 0.6 is 0 Å². The Bertz CT molecular complexity index is 489. The zero-order valence-electron chi connectivity index (χ0n) is 10.7. The first-order valence-electron chi connectivity index (χ1n) is 6.16. The molecule has 1 aromatic rings. The molecule has 100 valence electrons. The van der Waals surface area contributed by atoms with Crippen LogP contribution < -0.4 is 4.72 Å². The van der Waals surface area contributed by atoms with E-state index in [9.17, 15) is 8.42 Å². The van der Waals surface area contributed by atoms with Gasteiger partial charge in [-0.2, -0.15) is 0 Å². The quantitative estimate of drug-likeness (QED) is 0.882. The first-order valence-corrected chi connectivity index (χ1v) is 7.65. The molecular weight excluding hydrogens is 250 g/mol. The number of sulfonamides is 1. The maximum atomic E-state index is 12.0. The summed E-state index contributed by atoms with van der Waals surface area (Å²) in [5.41, 5.74) is 1.16. The third-order valence-corrected chi connectivity index (χ3v) is 4.37. The van der Waals surface area contributed by atoms with E-state index in [1.807, 2.05) is 12.1 Å². The zero-order valence-corrected chi connectivity index (χ0v) is 11.5. The average Bonchev–Trinajstić information content (AvgIpc) is 2.24. The minimum absolute atomic E-state index is 0.0784. The summed E-state index contributed by atoms with van der Waals surface area (Å²) in [7, 11) is -3.40. The maximum Gasteiger partial charge on any atom is 0.240 e. The van der Waals surface area contributed by atoms with Crippen molar-refractivity contribution in [2.24, 2.45) is 5.92 Å². The monoisotopic (exact) mass is 269 g/mol. The van der Waals surface area contributed by atoms with Crippen LogP contribution in [-0.2, 0) is 21.2 Å². The summed E-state index contributed by atoms with van der Waals surface area (Å²) in [6.45, 7) is 5.21. The molecule has 0 saturated carbocycles. The van der Waals surface area contributed by atoms with Gasteiger partial charge in [-0.3, -0.25) is 0 Å². The Hall–Kier alpha value is -0.910. The van der Waals surface area contributed by atoms with Crippen LogP contribution in [0, 0.1) is 5.92 Å². The fraction of sp³-hybridized carbons (Fsp3) is 0.538. The topological polar surface area (TPSA) is 55.4 Å². The fourth-order valence-corrected chi connectivity index (χ4v) is 3.07. The van der Waals surface area contributed by atoms with E-state index in [0.29, 0.717) is 24.0 Å². The standard InChI is InChI=1S/C13H19NO3S/c1-10(2)7-11-3-5-13(6-4-11)18(15,16)14-12-8-17-9-12/h3-6,10,12,14H,7-9H2,1-2H3. The van der Waals surface area contributed by atoms with Gasteiger partial charge in [0, 0.05) is 0 Å². The second kappa shape index (κ2) is 5.38. The van der Waals surface area contributed by atoms with E-state index in [2.05, 4.69) is 18.6 Å². The van der Waals surface area contributed by atoms with Crippen LogP contribution in [0.15, 0.2) is 29.2 Å². The number of hydrogen-bond donors (Lipinski definition) is 1. The van der Waals surface area contributed by atoms with Crippen LogP contribution in [0.25, 0.3) is 0 Å². The molecular formula is C13H19NO3S. The van der Waals surface area contributed by atoms with Gasteiger partial charge >= 0.3 is 0 Å². The first kappa shape index (κ1) is 13.5. The van der Waals surface area contributed by atoms with E-state index in [0.717, 1.165) is 12.0 Å². The van der Waals surface area contributed by atoms with Crippen molar-refractivity contribution in [1.82, 2.24) is 4.72 Å². The average molecular weight is 269 g/mol. The molecule has 0 amide bonds. The van der Waals surface area contributed by atoms with Crippen molar-refractivity contribution in [1.29, 1.82) is 0 Å². The van der Waals surface area contributed by atoms with Gasteiger partial charge in [-0.1, -0.05) is 26.0 Å². The van der Waals surface area contributed by atoms with Crippen molar-refractivity contribution in [3.63, 3.8) is 0 Å². The summed E-state index contributed by atoms with van der Waals surface area (Å²) in [6.07, 6.45) is 0.963. The first-order chi connectivity index (χ1) is 8.47. The smallest absolute Gasteiger partial charge is 0.240 e. The Morgan fingerprint density at radius 1 is 1.28 bits per heavy atom. The molecule has 0 spiro atoms. The number of nitrogens with one attached hydrogen (secondary N) is 1. The molecule has 5 heteroatoms. The minimum atomic E-state index is -3.40. The lowest BCUT2D eigenvalue weighted by Gasteiger charge is -2.26. The highest BCUT2D eigenvalue weighted by Gasteiger charge is 2.25. The summed E-state index contributed by atoms with van der Waals surface area (Å²) >= 11 is 0. The van der Waals surface area contributed by atoms with Gasteiger partial charge in [0.15, 0.2) is 0 Å². The van der Waals surface area contributed by atoms with Crippen molar-refractivity contribution >= 4 is 10.0 Å². The fourth-order valence-electron chi connectivity index (χ4n) is 1.87. The SMILES string of the molecule is CC(C)Cc1ccc(S(=O)(=O)NC2COC2)cc1. The van der Waals surface area contributed by atoms with Crippen molar-refractivity contribution in [3.05, 3.63) is 29.8 Å². The Kier molecular flexibility index (Phi) is 4.04. The molecule has 1 saturated heterocycles. The minimum Gasteiger partial charge on any atom is -0.378 e. The van der Waals surface area contributed by atoms with Gasteiger partial charge < -0.3 is 4.74 Å². The summed E-state index contributed by atoms with van der Waals surface area (Å²) < 4.78 is 31.6. The summed E-state index contributed by atoms with van der Waals surface area (Å²) in [4.78, 5) is 0.321. The van der Waals surface area contributed by atoms with Gasteiger partial charge in [0.1, 0.15) is 0 Å². The molecule has 1 aliphatic rings. The van der Waals surface area contributed by atoms with Gasteiger partial charge in [0.05, 0.1) is 24.2 Å². The third-order valence-electron chi connectivity index (χ3n) is 2.84. The molecule has 1 heterocycles. The van der Waals surface area contributed by atoms with Crippen molar-refractivity contribution in [3.8, 4) is 0 Å². The number of rotatable bonds is 5. The maximum absolute atomic E-state index is 12.0. The third kappa shape index (κ3) is 3.31. The van der Waals surface area contributed by atoms with Gasteiger partial charge in [-0.15, -0.1) is 0 Å². The molecule has 1 aliphatic heterocycles. The largest absolute Gasteiger partial charge is 0.378 e. The number of benzene rings is 1. The predicted molar refractivity (Wildman–Crippen MR) is 69.9 cm³/mol. The molecule has 18 heavy (non-hydrogen) atoms. The van der Waals surface area contributed by atoms with E-state index in [1.165, 1.54) is 0 Å². The van der Waals surface area contributed by atoms with Crippen molar-refractivity contribution in [2.75, 3.05) is 13.2 Å². The highest BCUT2D eigenvalue weighted by atomic mass is 32.2. The Morgan fingerprint density at radius 3 is 2.33 bits per heavy atom. The summed E-state index contributed by atoms with van der Waals surface area (Å²) in [6, 6.07) is 7.02. The van der Waals surface area contributed by atoms with E-state index in [-0.39, 0.29) is 6.04 Å². The van der Waals surface area contributed by atoms with E-state index in [4.69, 9.17) is 4.74 Å². The lowest BCUT2D eigenvalue weighted by atomic mass is 10.0. The second-order valence-electron chi connectivity index (χ2n) is 5.10. The molecule has 0 atom stereocenters. The van der Waals surface area contributed by atoms with Crippen LogP contribution in [0.1, 0.15) is 19.4 Å². The Morgan fingerprint density at radius 2 is 1.89 bits per heavy atom. The Balaban J connectivity index is 2.07. The van der Waals surface area contributed by atoms with Gasteiger partial charge in [0.2, 0.25) is 10.0 Å². The van der Waals surface area contributed by atoms with Crippen LogP contribution in [0.5, 0.6) is 0 Å². The Labute approximate surface area is 108 Å². The van der Waals surface area contributed by atoms with E-state index < -0.39 is 10.0 Å². The molecule has 2 rings (SSSR count). The van der Waals surface area contributed by atoms with Crippen molar-refractivity contribution in [2.45, 2.75) is 31.2 Å². The highest BCUT2D eigenvalue weighted by Crippen LogP contribution is 2.15. The normalized spacial score (nSPS) is 16.8. The van der Waals surface area contributed by atoms with Crippen LogP contribution in [0.3, 0.4) is 0 Å². The molecule has 1 aromatic carbocycles.